The van der Waals surface area contributed by atoms with E-state index in [0.29, 0.717) is 25.9 Å². The third-order valence-electron chi connectivity index (χ3n) is 5.12. The van der Waals surface area contributed by atoms with Crippen LogP contribution in [0.25, 0.3) is 5.57 Å². The number of carbonyl (C=O) groups is 2. The van der Waals surface area contributed by atoms with Crippen molar-refractivity contribution in [2.24, 2.45) is 11.8 Å². The van der Waals surface area contributed by atoms with Gasteiger partial charge in [-0.05, 0) is 36.4 Å². The van der Waals surface area contributed by atoms with Gasteiger partial charge in [-0.15, -0.1) is 0 Å². The molecule has 1 aromatic rings. The number of rotatable bonds is 4. The number of amides is 1. The summed E-state index contributed by atoms with van der Waals surface area (Å²) >= 11 is 0. The van der Waals surface area contributed by atoms with Crippen LogP contribution in [0.1, 0.15) is 25.3 Å². The summed E-state index contributed by atoms with van der Waals surface area (Å²) in [4.78, 5) is 25.1. The molecule has 2 unspecified atom stereocenters. The minimum Gasteiger partial charge on any atom is -0.306 e. The molecule has 0 saturated carbocycles. The van der Waals surface area contributed by atoms with Crippen molar-refractivity contribution in [1.82, 2.24) is 16.1 Å². The summed E-state index contributed by atoms with van der Waals surface area (Å²) < 4.78 is 0. The lowest BCUT2D eigenvalue weighted by Crippen LogP contribution is -2.58. The largest absolute Gasteiger partial charge is 0.306 e. The van der Waals surface area contributed by atoms with Gasteiger partial charge in [-0.1, -0.05) is 43.3 Å². The summed E-state index contributed by atoms with van der Waals surface area (Å²) in [5, 5.41) is 15.5. The van der Waals surface area contributed by atoms with Gasteiger partial charge in [0.25, 0.3) is 0 Å². The Bertz CT molecular complexity index is 659. The smallest absolute Gasteiger partial charge is 0.248 e. The average molecular weight is 343 g/mol. The van der Waals surface area contributed by atoms with Gasteiger partial charge in [-0.2, -0.15) is 0 Å². The topological polar surface area (TPSA) is 90.5 Å². The SMILES string of the molecule is CC1CN[C@H](C(=O)C2CC(c3ccccc3)=CCN2)[C@@H](C(=O)NO)C1. The molecular formula is C19H25N3O3. The number of ketones is 1. The van der Waals surface area contributed by atoms with Crippen LogP contribution < -0.4 is 16.1 Å². The van der Waals surface area contributed by atoms with Crippen LogP contribution in [0.5, 0.6) is 0 Å². The summed E-state index contributed by atoms with van der Waals surface area (Å²) in [6.45, 7) is 3.35. The molecule has 1 amide bonds. The molecule has 0 bridgehead atoms. The van der Waals surface area contributed by atoms with Crippen molar-refractivity contribution < 1.29 is 14.8 Å². The maximum Gasteiger partial charge on any atom is 0.248 e. The maximum absolute atomic E-state index is 13.1. The van der Waals surface area contributed by atoms with Crippen LogP contribution in [-0.4, -0.2) is 42.1 Å². The number of carbonyl (C=O) groups excluding carboxylic acids is 2. The van der Waals surface area contributed by atoms with Gasteiger partial charge in [0.2, 0.25) is 5.91 Å². The van der Waals surface area contributed by atoms with Crippen LogP contribution in [-0.2, 0) is 9.59 Å². The number of hydrogen-bond acceptors (Lipinski definition) is 5. The number of nitrogens with one attached hydrogen (secondary N) is 3. The number of Topliss-reactive ketones (excluding diaryl/α,β-unsaturated/α-hetero) is 1. The molecule has 2 aliphatic heterocycles. The van der Waals surface area contributed by atoms with E-state index in [0.717, 1.165) is 11.1 Å². The van der Waals surface area contributed by atoms with E-state index in [-0.39, 0.29) is 17.7 Å². The molecule has 0 aliphatic carbocycles. The van der Waals surface area contributed by atoms with E-state index in [1.165, 1.54) is 0 Å². The summed E-state index contributed by atoms with van der Waals surface area (Å²) in [7, 11) is 0. The quantitative estimate of drug-likeness (QED) is 0.486. The molecule has 1 saturated heterocycles. The van der Waals surface area contributed by atoms with Gasteiger partial charge in [-0.25, -0.2) is 5.48 Å². The second kappa shape index (κ2) is 7.91. The zero-order valence-electron chi connectivity index (χ0n) is 14.4. The molecule has 4 N–H and O–H groups in total. The van der Waals surface area contributed by atoms with Crippen molar-refractivity contribution in [2.75, 3.05) is 13.1 Å². The normalized spacial score (nSPS) is 29.6. The van der Waals surface area contributed by atoms with E-state index in [4.69, 9.17) is 5.21 Å². The summed E-state index contributed by atoms with van der Waals surface area (Å²) in [5.41, 5.74) is 3.98. The highest BCUT2D eigenvalue weighted by atomic mass is 16.5. The number of benzene rings is 1. The van der Waals surface area contributed by atoms with E-state index in [1.807, 2.05) is 37.3 Å². The standard InChI is InChI=1S/C19H25N3O3/c1-12-9-15(19(24)22-25)17(21-11-12)18(23)16-10-14(7-8-20-16)13-5-3-2-4-6-13/h2-7,12,15-17,20-21,25H,8-11H2,1H3,(H,22,24)/t12?,15-,16?,17-/m0/s1. The molecule has 3 rings (SSSR count). The predicted molar refractivity (Wildman–Crippen MR) is 94.8 cm³/mol. The van der Waals surface area contributed by atoms with E-state index in [1.54, 1.807) is 5.48 Å². The van der Waals surface area contributed by atoms with Gasteiger partial charge >= 0.3 is 0 Å². The van der Waals surface area contributed by atoms with Crippen molar-refractivity contribution in [3.8, 4) is 0 Å². The van der Waals surface area contributed by atoms with Crippen LogP contribution in [0, 0.1) is 11.8 Å². The highest BCUT2D eigenvalue weighted by Gasteiger charge is 2.40. The Labute approximate surface area is 147 Å². The Balaban J connectivity index is 1.73. The predicted octanol–water partition coefficient (Wildman–Crippen LogP) is 1.12. The van der Waals surface area contributed by atoms with Crippen LogP contribution in [0.15, 0.2) is 36.4 Å². The molecule has 1 fully saturated rings. The van der Waals surface area contributed by atoms with Crippen molar-refractivity contribution in [3.05, 3.63) is 42.0 Å². The lowest BCUT2D eigenvalue weighted by molar-refractivity contribution is -0.140. The van der Waals surface area contributed by atoms with Crippen molar-refractivity contribution in [1.29, 1.82) is 0 Å². The Morgan fingerprint density at radius 3 is 2.68 bits per heavy atom. The molecule has 2 aliphatic rings. The number of hydrogen-bond donors (Lipinski definition) is 4. The first kappa shape index (κ1) is 17.8. The minimum absolute atomic E-state index is 0.0120. The number of hydroxylamine groups is 1. The van der Waals surface area contributed by atoms with E-state index >= 15 is 0 Å². The second-order valence-corrected chi connectivity index (χ2v) is 6.97. The first-order valence-electron chi connectivity index (χ1n) is 8.79. The van der Waals surface area contributed by atoms with Crippen LogP contribution in [0.2, 0.25) is 0 Å². The summed E-state index contributed by atoms with van der Waals surface area (Å²) in [6, 6.07) is 9.12. The first-order chi connectivity index (χ1) is 12.1. The van der Waals surface area contributed by atoms with Crippen molar-refractivity contribution in [2.45, 2.75) is 31.8 Å². The monoisotopic (exact) mass is 343 g/mol. The van der Waals surface area contributed by atoms with Crippen LogP contribution in [0.3, 0.4) is 0 Å². The fourth-order valence-corrected chi connectivity index (χ4v) is 3.77. The molecule has 25 heavy (non-hydrogen) atoms. The Hall–Kier alpha value is -2.02. The molecule has 0 aromatic heterocycles. The van der Waals surface area contributed by atoms with Gasteiger partial charge in [-0.3, -0.25) is 14.8 Å². The van der Waals surface area contributed by atoms with E-state index < -0.39 is 17.9 Å². The third kappa shape index (κ3) is 3.98. The van der Waals surface area contributed by atoms with Crippen molar-refractivity contribution in [3.63, 3.8) is 0 Å². The second-order valence-electron chi connectivity index (χ2n) is 6.97. The van der Waals surface area contributed by atoms with Gasteiger partial charge in [0.15, 0.2) is 5.78 Å². The van der Waals surface area contributed by atoms with Crippen molar-refractivity contribution >= 4 is 17.3 Å². The van der Waals surface area contributed by atoms with E-state index in [2.05, 4.69) is 16.7 Å². The zero-order valence-corrected chi connectivity index (χ0v) is 14.4. The molecule has 134 valence electrons. The molecule has 6 heteroatoms. The Morgan fingerprint density at radius 2 is 1.96 bits per heavy atom. The number of piperidine rings is 1. The lowest BCUT2D eigenvalue weighted by Gasteiger charge is -2.36. The molecule has 0 spiro atoms. The van der Waals surface area contributed by atoms with Crippen LogP contribution >= 0.6 is 0 Å². The van der Waals surface area contributed by atoms with E-state index in [9.17, 15) is 9.59 Å². The maximum atomic E-state index is 13.1. The molecule has 1 aromatic carbocycles. The highest BCUT2D eigenvalue weighted by Crippen LogP contribution is 2.27. The molecule has 4 atom stereocenters. The van der Waals surface area contributed by atoms with Gasteiger partial charge in [0.1, 0.15) is 0 Å². The molecule has 2 heterocycles. The summed E-state index contributed by atoms with van der Waals surface area (Å²) in [6.07, 6.45) is 3.29. The van der Waals surface area contributed by atoms with Gasteiger partial charge in [0, 0.05) is 6.54 Å². The molecular weight excluding hydrogens is 318 g/mol. The first-order valence-corrected chi connectivity index (χ1v) is 8.79. The molecule has 6 nitrogen and oxygen atoms in total. The molecule has 0 radical (unpaired) electrons. The highest BCUT2D eigenvalue weighted by molar-refractivity contribution is 5.95. The zero-order chi connectivity index (χ0) is 17.8. The lowest BCUT2D eigenvalue weighted by atomic mass is 9.80. The average Bonchev–Trinajstić information content (AvgIpc) is 2.67. The Morgan fingerprint density at radius 1 is 1.20 bits per heavy atom. The van der Waals surface area contributed by atoms with Crippen LogP contribution in [0.4, 0.5) is 0 Å². The summed E-state index contributed by atoms with van der Waals surface area (Å²) in [5.74, 6) is -0.770. The van der Waals surface area contributed by atoms with Gasteiger partial charge in [0.05, 0.1) is 18.0 Å². The Kier molecular flexibility index (Phi) is 5.63. The van der Waals surface area contributed by atoms with Gasteiger partial charge < -0.3 is 10.6 Å². The fourth-order valence-electron chi connectivity index (χ4n) is 3.77. The fraction of sp³-hybridized carbons (Fsp3) is 0.474. The third-order valence-corrected chi connectivity index (χ3v) is 5.12. The minimum atomic E-state index is -0.573.